The Morgan fingerprint density at radius 3 is 2.89 bits per heavy atom. The van der Waals surface area contributed by atoms with E-state index in [0.717, 1.165) is 15.0 Å². The van der Waals surface area contributed by atoms with Crippen molar-refractivity contribution in [3.8, 4) is 0 Å². The highest BCUT2D eigenvalue weighted by atomic mass is 32.1. The van der Waals surface area contributed by atoms with Gasteiger partial charge in [-0.3, -0.25) is 9.59 Å². The van der Waals surface area contributed by atoms with E-state index in [2.05, 4.69) is 0 Å². The maximum absolute atomic E-state index is 12.4. The molecule has 0 aliphatic carbocycles. The zero-order valence-corrected chi connectivity index (χ0v) is 11.6. The number of thiophene rings is 1. The molecule has 4 heteroatoms. The van der Waals surface area contributed by atoms with Gasteiger partial charge in [0, 0.05) is 30.1 Å². The van der Waals surface area contributed by atoms with Gasteiger partial charge in [-0.15, -0.1) is 11.3 Å². The van der Waals surface area contributed by atoms with Crippen LogP contribution in [0.1, 0.15) is 23.0 Å². The fourth-order valence-electron chi connectivity index (χ4n) is 2.44. The Bertz CT molecular complexity index is 613. The van der Waals surface area contributed by atoms with Crippen LogP contribution in [-0.4, -0.2) is 29.7 Å². The van der Waals surface area contributed by atoms with Gasteiger partial charge in [0.15, 0.2) is 0 Å². The first-order chi connectivity index (χ1) is 9.15. The molecule has 19 heavy (non-hydrogen) atoms. The van der Waals surface area contributed by atoms with Gasteiger partial charge in [0.1, 0.15) is 5.78 Å². The first kappa shape index (κ1) is 12.4. The number of Topliss-reactive ketones (excluding diaryl/α,β-unsaturated/α-hetero) is 1. The Hall–Kier alpha value is -1.68. The van der Waals surface area contributed by atoms with E-state index >= 15 is 0 Å². The molecule has 3 rings (SSSR count). The van der Waals surface area contributed by atoms with Gasteiger partial charge in [0.05, 0.1) is 4.88 Å². The molecule has 1 atom stereocenters. The Kier molecular flexibility index (Phi) is 3.11. The third kappa shape index (κ3) is 2.28. The molecule has 1 unspecified atom stereocenters. The standard InChI is InChI=1S/C15H15NO2S/c1-10-9-16(7-6-12(10)17)15(18)14-8-11-4-2-3-5-13(11)19-14/h2-5,8,10H,6-7,9H2,1H3. The monoisotopic (exact) mass is 273 g/mol. The van der Waals surface area contributed by atoms with E-state index in [-0.39, 0.29) is 17.6 Å². The molecule has 1 amide bonds. The summed E-state index contributed by atoms with van der Waals surface area (Å²) in [5.41, 5.74) is 0. The van der Waals surface area contributed by atoms with Gasteiger partial charge in [-0.2, -0.15) is 0 Å². The normalized spacial score (nSPS) is 19.9. The third-order valence-corrected chi connectivity index (χ3v) is 4.70. The largest absolute Gasteiger partial charge is 0.337 e. The van der Waals surface area contributed by atoms with E-state index in [9.17, 15) is 9.59 Å². The second-order valence-electron chi connectivity index (χ2n) is 5.02. The quantitative estimate of drug-likeness (QED) is 0.801. The predicted molar refractivity (Wildman–Crippen MR) is 76.5 cm³/mol. The molecule has 1 aromatic heterocycles. The van der Waals surface area contributed by atoms with Crippen LogP contribution in [0.5, 0.6) is 0 Å². The van der Waals surface area contributed by atoms with Crippen molar-refractivity contribution in [2.75, 3.05) is 13.1 Å². The molecular weight excluding hydrogens is 258 g/mol. The van der Waals surface area contributed by atoms with Crippen LogP contribution in [0.4, 0.5) is 0 Å². The van der Waals surface area contributed by atoms with E-state index in [1.807, 2.05) is 37.3 Å². The summed E-state index contributed by atoms with van der Waals surface area (Å²) in [5, 5.41) is 1.11. The van der Waals surface area contributed by atoms with E-state index in [1.54, 1.807) is 4.90 Å². The summed E-state index contributed by atoms with van der Waals surface area (Å²) in [5.74, 6) is 0.285. The van der Waals surface area contributed by atoms with E-state index in [0.29, 0.717) is 19.5 Å². The highest BCUT2D eigenvalue weighted by Gasteiger charge is 2.27. The number of likely N-dealkylation sites (tertiary alicyclic amines) is 1. The minimum Gasteiger partial charge on any atom is -0.337 e. The van der Waals surface area contributed by atoms with Crippen molar-refractivity contribution in [1.29, 1.82) is 0 Å². The number of hydrogen-bond acceptors (Lipinski definition) is 3. The smallest absolute Gasteiger partial charge is 0.263 e. The maximum Gasteiger partial charge on any atom is 0.263 e. The lowest BCUT2D eigenvalue weighted by Crippen LogP contribution is -2.42. The minimum atomic E-state index is -0.0351. The number of nitrogens with zero attached hydrogens (tertiary/aromatic N) is 1. The second-order valence-corrected chi connectivity index (χ2v) is 6.10. The number of carbonyl (C=O) groups is 2. The van der Waals surface area contributed by atoms with Crippen molar-refractivity contribution >= 4 is 33.1 Å². The SMILES string of the molecule is CC1CN(C(=O)c2cc3ccccc3s2)CCC1=O. The van der Waals surface area contributed by atoms with Crippen molar-refractivity contribution in [3.05, 3.63) is 35.2 Å². The minimum absolute atomic E-state index is 0.0351. The van der Waals surface area contributed by atoms with Crippen LogP contribution in [0.3, 0.4) is 0 Å². The molecule has 0 N–H and O–H groups in total. The summed E-state index contributed by atoms with van der Waals surface area (Å²) < 4.78 is 1.13. The van der Waals surface area contributed by atoms with Crippen LogP contribution >= 0.6 is 11.3 Å². The first-order valence-corrected chi connectivity index (χ1v) is 7.27. The average Bonchev–Trinajstić information content (AvgIpc) is 2.85. The zero-order chi connectivity index (χ0) is 13.4. The Morgan fingerprint density at radius 2 is 2.16 bits per heavy atom. The van der Waals surface area contributed by atoms with Crippen LogP contribution in [0, 0.1) is 5.92 Å². The number of piperidine rings is 1. The number of hydrogen-bond donors (Lipinski definition) is 0. The fourth-order valence-corrected chi connectivity index (χ4v) is 3.47. The van der Waals surface area contributed by atoms with Gasteiger partial charge >= 0.3 is 0 Å². The van der Waals surface area contributed by atoms with Crippen molar-refractivity contribution in [3.63, 3.8) is 0 Å². The molecular formula is C15H15NO2S. The summed E-state index contributed by atoms with van der Waals surface area (Å²) >= 11 is 1.52. The Labute approximate surface area is 115 Å². The van der Waals surface area contributed by atoms with Gasteiger partial charge in [0.25, 0.3) is 5.91 Å². The number of ketones is 1. The van der Waals surface area contributed by atoms with Gasteiger partial charge in [-0.05, 0) is 17.5 Å². The summed E-state index contributed by atoms with van der Waals surface area (Å²) in [7, 11) is 0. The lowest BCUT2D eigenvalue weighted by atomic mass is 9.98. The zero-order valence-electron chi connectivity index (χ0n) is 10.8. The molecule has 1 saturated heterocycles. The maximum atomic E-state index is 12.4. The molecule has 2 aromatic rings. The topological polar surface area (TPSA) is 37.4 Å². The van der Waals surface area contributed by atoms with Crippen molar-refractivity contribution in [1.82, 2.24) is 4.90 Å². The summed E-state index contributed by atoms with van der Waals surface area (Å²) in [6.45, 7) is 2.99. The first-order valence-electron chi connectivity index (χ1n) is 6.46. The fraction of sp³-hybridized carbons (Fsp3) is 0.333. The molecule has 3 nitrogen and oxygen atoms in total. The number of benzene rings is 1. The van der Waals surface area contributed by atoms with Crippen LogP contribution in [-0.2, 0) is 4.79 Å². The molecule has 1 fully saturated rings. The number of carbonyl (C=O) groups excluding carboxylic acids is 2. The van der Waals surface area contributed by atoms with Crippen molar-refractivity contribution in [2.45, 2.75) is 13.3 Å². The molecule has 1 aliphatic heterocycles. The Balaban J connectivity index is 1.85. The van der Waals surface area contributed by atoms with Gasteiger partial charge in [-0.25, -0.2) is 0 Å². The predicted octanol–water partition coefficient (Wildman–Crippen LogP) is 2.95. The van der Waals surface area contributed by atoms with Crippen LogP contribution in [0.2, 0.25) is 0 Å². The van der Waals surface area contributed by atoms with Gasteiger partial charge in [0.2, 0.25) is 0 Å². The van der Waals surface area contributed by atoms with Gasteiger partial charge in [-0.1, -0.05) is 25.1 Å². The summed E-state index contributed by atoms with van der Waals surface area (Å²) in [6, 6.07) is 9.95. The molecule has 0 bridgehead atoms. The summed E-state index contributed by atoms with van der Waals surface area (Å²) in [6.07, 6.45) is 0.484. The molecule has 0 saturated carbocycles. The van der Waals surface area contributed by atoms with Gasteiger partial charge < -0.3 is 4.90 Å². The molecule has 0 spiro atoms. The Morgan fingerprint density at radius 1 is 1.37 bits per heavy atom. The highest BCUT2D eigenvalue weighted by Crippen LogP contribution is 2.27. The van der Waals surface area contributed by atoms with Crippen LogP contribution in [0.25, 0.3) is 10.1 Å². The lowest BCUT2D eigenvalue weighted by molar-refractivity contribution is -0.124. The number of rotatable bonds is 1. The molecule has 2 heterocycles. The average molecular weight is 273 g/mol. The lowest BCUT2D eigenvalue weighted by Gasteiger charge is -2.29. The highest BCUT2D eigenvalue weighted by molar-refractivity contribution is 7.20. The van der Waals surface area contributed by atoms with E-state index in [4.69, 9.17) is 0 Å². The third-order valence-electron chi connectivity index (χ3n) is 3.60. The van der Waals surface area contributed by atoms with Crippen LogP contribution < -0.4 is 0 Å². The number of fused-ring (bicyclic) bond motifs is 1. The molecule has 1 aliphatic rings. The summed E-state index contributed by atoms with van der Waals surface area (Å²) in [4.78, 5) is 26.5. The van der Waals surface area contributed by atoms with Crippen LogP contribution in [0.15, 0.2) is 30.3 Å². The number of amides is 1. The molecule has 0 radical (unpaired) electrons. The van der Waals surface area contributed by atoms with Crippen molar-refractivity contribution < 1.29 is 9.59 Å². The molecule has 98 valence electrons. The van der Waals surface area contributed by atoms with E-state index in [1.165, 1.54) is 11.3 Å². The van der Waals surface area contributed by atoms with Crippen molar-refractivity contribution in [2.24, 2.45) is 5.92 Å². The van der Waals surface area contributed by atoms with E-state index < -0.39 is 0 Å². The second kappa shape index (κ2) is 4.78. The molecule has 1 aromatic carbocycles.